The van der Waals surface area contributed by atoms with Crippen molar-refractivity contribution in [3.8, 4) is 5.75 Å². The standard InChI is InChI=1S/C18H22N2O10/c1-9(21)19-15-17(28-11(3)23)16(24)14(8-27-10(2)22)30-18(15)29-13-6-4-12(5-7-13)20(25)26/h4-7,14-18,24H,8H2,1-3H3,(H,19,21)/t14?,15?,16-,17?,18-/m1/s1. The molecule has 1 aliphatic rings. The third-order valence-electron chi connectivity index (χ3n) is 4.10. The van der Waals surface area contributed by atoms with Crippen molar-refractivity contribution in [2.45, 2.75) is 51.4 Å². The summed E-state index contributed by atoms with van der Waals surface area (Å²) in [7, 11) is 0. The predicted octanol–water partition coefficient (Wildman–Crippen LogP) is 0.0589. The number of nitro groups is 1. The van der Waals surface area contributed by atoms with Crippen molar-refractivity contribution in [2.75, 3.05) is 6.61 Å². The number of aliphatic hydroxyl groups excluding tert-OH is 1. The molecule has 3 unspecified atom stereocenters. The number of hydrogen-bond acceptors (Lipinski definition) is 10. The Hall–Kier alpha value is -3.25. The number of benzene rings is 1. The lowest BCUT2D eigenvalue weighted by Gasteiger charge is -2.43. The molecule has 12 heteroatoms. The number of esters is 2. The molecule has 0 bridgehead atoms. The van der Waals surface area contributed by atoms with Crippen LogP contribution in [0.25, 0.3) is 0 Å². The lowest BCUT2D eigenvalue weighted by Crippen LogP contribution is -2.66. The number of aliphatic hydroxyl groups is 1. The average Bonchev–Trinajstić information content (AvgIpc) is 2.65. The third kappa shape index (κ3) is 6.12. The molecule has 0 spiro atoms. The molecule has 2 N–H and O–H groups in total. The van der Waals surface area contributed by atoms with Gasteiger partial charge >= 0.3 is 11.9 Å². The predicted molar refractivity (Wildman–Crippen MR) is 98.2 cm³/mol. The van der Waals surface area contributed by atoms with E-state index in [1.165, 1.54) is 38.1 Å². The molecule has 5 atom stereocenters. The number of nitro benzene ring substituents is 1. The minimum atomic E-state index is -1.44. The maximum atomic E-state index is 11.7. The van der Waals surface area contributed by atoms with Crippen LogP contribution in [0.4, 0.5) is 5.69 Å². The molecule has 1 fully saturated rings. The van der Waals surface area contributed by atoms with Crippen molar-refractivity contribution in [3.63, 3.8) is 0 Å². The maximum absolute atomic E-state index is 11.7. The highest BCUT2D eigenvalue weighted by atomic mass is 16.7. The van der Waals surface area contributed by atoms with Gasteiger partial charge in [0.25, 0.3) is 5.69 Å². The van der Waals surface area contributed by atoms with Crippen LogP contribution in [0.5, 0.6) is 5.75 Å². The fourth-order valence-corrected chi connectivity index (χ4v) is 2.85. The van der Waals surface area contributed by atoms with Gasteiger partial charge in [0.15, 0.2) is 6.10 Å². The fraction of sp³-hybridized carbons (Fsp3) is 0.500. The van der Waals surface area contributed by atoms with Gasteiger partial charge in [-0.2, -0.15) is 0 Å². The Balaban J connectivity index is 2.31. The van der Waals surface area contributed by atoms with Gasteiger partial charge in [-0.1, -0.05) is 0 Å². The van der Waals surface area contributed by atoms with Gasteiger partial charge < -0.3 is 29.4 Å². The molecule has 1 heterocycles. The number of hydrogen-bond donors (Lipinski definition) is 2. The monoisotopic (exact) mass is 426 g/mol. The second-order valence-electron chi connectivity index (χ2n) is 6.51. The normalized spacial score (nSPS) is 25.7. The highest BCUT2D eigenvalue weighted by Gasteiger charge is 2.49. The van der Waals surface area contributed by atoms with Crippen LogP contribution >= 0.6 is 0 Å². The zero-order valence-electron chi connectivity index (χ0n) is 16.5. The van der Waals surface area contributed by atoms with Crippen LogP contribution in [0.15, 0.2) is 24.3 Å². The number of carbonyl (C=O) groups excluding carboxylic acids is 3. The molecule has 1 aromatic rings. The molecule has 12 nitrogen and oxygen atoms in total. The molecular weight excluding hydrogens is 404 g/mol. The Kier molecular flexibility index (Phi) is 7.66. The summed E-state index contributed by atoms with van der Waals surface area (Å²) in [6, 6.07) is 3.93. The van der Waals surface area contributed by atoms with Crippen LogP contribution in [0.2, 0.25) is 0 Å². The van der Waals surface area contributed by atoms with E-state index in [-0.39, 0.29) is 18.0 Å². The lowest BCUT2D eigenvalue weighted by atomic mass is 9.96. The zero-order valence-corrected chi connectivity index (χ0v) is 16.5. The van der Waals surface area contributed by atoms with Gasteiger partial charge in [0, 0.05) is 32.9 Å². The van der Waals surface area contributed by atoms with Crippen molar-refractivity contribution < 1.29 is 43.4 Å². The second kappa shape index (κ2) is 9.98. The molecule has 2 rings (SSSR count). The smallest absolute Gasteiger partial charge is 0.303 e. The van der Waals surface area contributed by atoms with Gasteiger partial charge in [-0.25, -0.2) is 0 Å². The Morgan fingerprint density at radius 3 is 2.30 bits per heavy atom. The summed E-state index contributed by atoms with van der Waals surface area (Å²) in [6.07, 6.45) is -5.12. The van der Waals surface area contributed by atoms with Crippen molar-refractivity contribution >= 4 is 23.5 Å². The van der Waals surface area contributed by atoms with Crippen LogP contribution in [0, 0.1) is 10.1 Å². The fourth-order valence-electron chi connectivity index (χ4n) is 2.85. The summed E-state index contributed by atoms with van der Waals surface area (Å²) >= 11 is 0. The van der Waals surface area contributed by atoms with Crippen LogP contribution < -0.4 is 10.1 Å². The second-order valence-corrected chi connectivity index (χ2v) is 6.51. The van der Waals surface area contributed by atoms with Gasteiger partial charge in [-0.15, -0.1) is 0 Å². The third-order valence-corrected chi connectivity index (χ3v) is 4.10. The molecule has 1 amide bonds. The molecule has 1 aromatic carbocycles. The van der Waals surface area contributed by atoms with E-state index in [0.29, 0.717) is 0 Å². The minimum absolute atomic E-state index is 0.158. The number of amides is 1. The number of carbonyl (C=O) groups is 3. The highest BCUT2D eigenvalue weighted by molar-refractivity contribution is 5.73. The van der Waals surface area contributed by atoms with E-state index in [1.807, 2.05) is 0 Å². The zero-order chi connectivity index (χ0) is 22.4. The van der Waals surface area contributed by atoms with E-state index in [1.54, 1.807) is 0 Å². The van der Waals surface area contributed by atoms with Gasteiger partial charge in [0.2, 0.25) is 12.2 Å². The number of ether oxygens (including phenoxy) is 4. The van der Waals surface area contributed by atoms with E-state index in [9.17, 15) is 29.6 Å². The Labute approximate surface area is 171 Å². The van der Waals surface area contributed by atoms with Crippen LogP contribution in [-0.4, -0.2) is 65.1 Å². The number of nitrogens with one attached hydrogen (secondary N) is 1. The van der Waals surface area contributed by atoms with E-state index < -0.39 is 53.4 Å². The molecule has 0 aromatic heterocycles. The molecule has 0 saturated carbocycles. The van der Waals surface area contributed by atoms with Gasteiger partial charge in [-0.3, -0.25) is 24.5 Å². The molecule has 0 aliphatic carbocycles. The minimum Gasteiger partial charge on any atom is -0.463 e. The average molecular weight is 426 g/mol. The van der Waals surface area contributed by atoms with Gasteiger partial charge in [0.1, 0.15) is 30.6 Å². The first kappa shape index (κ1) is 23.0. The summed E-state index contributed by atoms with van der Waals surface area (Å²) in [6.45, 7) is 3.15. The Morgan fingerprint density at radius 2 is 1.80 bits per heavy atom. The number of non-ortho nitro benzene ring substituents is 1. The van der Waals surface area contributed by atoms with Crippen molar-refractivity contribution in [3.05, 3.63) is 34.4 Å². The lowest BCUT2D eigenvalue weighted by molar-refractivity contribution is -0.384. The van der Waals surface area contributed by atoms with Gasteiger partial charge in [0.05, 0.1) is 4.92 Å². The first-order valence-corrected chi connectivity index (χ1v) is 8.90. The first-order chi connectivity index (χ1) is 14.1. The van der Waals surface area contributed by atoms with Crippen LogP contribution in [0.1, 0.15) is 20.8 Å². The number of nitrogens with zero attached hydrogens (tertiary/aromatic N) is 1. The summed E-state index contributed by atoms with van der Waals surface area (Å²) in [5, 5.41) is 23.9. The van der Waals surface area contributed by atoms with Crippen molar-refractivity contribution in [1.82, 2.24) is 5.32 Å². The molecular formula is C18H22N2O10. The summed E-state index contributed by atoms with van der Waals surface area (Å²) in [4.78, 5) is 44.6. The summed E-state index contributed by atoms with van der Waals surface area (Å²) < 4.78 is 21.4. The Morgan fingerprint density at radius 1 is 1.17 bits per heavy atom. The van der Waals surface area contributed by atoms with E-state index in [2.05, 4.69) is 5.32 Å². The highest BCUT2D eigenvalue weighted by Crippen LogP contribution is 2.28. The number of rotatable bonds is 7. The molecule has 1 saturated heterocycles. The quantitative estimate of drug-likeness (QED) is 0.346. The van der Waals surface area contributed by atoms with Crippen molar-refractivity contribution in [1.29, 1.82) is 0 Å². The van der Waals surface area contributed by atoms with Crippen LogP contribution in [-0.2, 0) is 28.6 Å². The summed E-state index contributed by atoms with van der Waals surface area (Å²) in [5.41, 5.74) is -0.161. The molecule has 164 valence electrons. The molecule has 30 heavy (non-hydrogen) atoms. The maximum Gasteiger partial charge on any atom is 0.303 e. The van der Waals surface area contributed by atoms with E-state index in [4.69, 9.17) is 18.9 Å². The summed E-state index contributed by atoms with van der Waals surface area (Å²) in [5.74, 6) is -1.70. The first-order valence-electron chi connectivity index (χ1n) is 8.90. The largest absolute Gasteiger partial charge is 0.463 e. The SMILES string of the molecule is CC(=O)NC1C(OC(C)=O)[C@H](O)C(COC(C)=O)O[C@H]1Oc1ccc([N+](=O)[O-])cc1. The van der Waals surface area contributed by atoms with Crippen LogP contribution in [0.3, 0.4) is 0 Å². The molecule has 0 radical (unpaired) electrons. The van der Waals surface area contributed by atoms with Gasteiger partial charge in [-0.05, 0) is 12.1 Å². The van der Waals surface area contributed by atoms with E-state index >= 15 is 0 Å². The molecule has 1 aliphatic heterocycles. The van der Waals surface area contributed by atoms with E-state index in [0.717, 1.165) is 6.92 Å². The van der Waals surface area contributed by atoms with Crippen molar-refractivity contribution in [2.24, 2.45) is 0 Å². The topological polar surface area (TPSA) is 164 Å². The Bertz CT molecular complexity index is 797.